The molecular weight excluding hydrogens is 262 g/mol. The van der Waals surface area contributed by atoms with Crippen LogP contribution in [0.25, 0.3) is 0 Å². The van der Waals surface area contributed by atoms with Gasteiger partial charge in [0, 0.05) is 18.3 Å². The Morgan fingerprint density at radius 1 is 1.26 bits per heavy atom. The van der Waals surface area contributed by atoms with E-state index in [2.05, 4.69) is 10.3 Å². The lowest BCUT2D eigenvalue weighted by Crippen LogP contribution is -2.12. The highest BCUT2D eigenvalue weighted by Gasteiger charge is 2.06. The number of nitrogens with two attached hydrogens (primary N) is 1. The number of anilines is 2. The molecule has 0 aliphatic carbocycles. The molecule has 2 rings (SSSR count). The van der Waals surface area contributed by atoms with Crippen molar-refractivity contribution in [2.45, 2.75) is 12.8 Å². The minimum atomic E-state index is -0.0910. The second-order valence-corrected chi connectivity index (χ2v) is 4.55. The molecule has 1 aromatic carbocycles. The first-order valence-corrected chi connectivity index (χ1v) is 6.27. The van der Waals surface area contributed by atoms with Crippen LogP contribution in [0.3, 0.4) is 0 Å². The maximum atomic E-state index is 11.8. The maximum Gasteiger partial charge on any atom is 0.224 e. The number of pyridine rings is 1. The number of halogens is 1. The zero-order valence-corrected chi connectivity index (χ0v) is 11.0. The lowest BCUT2D eigenvalue weighted by atomic mass is 10.1. The average Bonchev–Trinajstić information content (AvgIpc) is 2.41. The number of benzene rings is 1. The van der Waals surface area contributed by atoms with Gasteiger partial charge in [-0.15, -0.1) is 0 Å². The molecule has 2 aromatic rings. The third-order valence-electron chi connectivity index (χ3n) is 2.66. The van der Waals surface area contributed by atoms with Crippen LogP contribution in [0.5, 0.6) is 0 Å². The number of hydrogen-bond acceptors (Lipinski definition) is 3. The van der Waals surface area contributed by atoms with E-state index in [1.807, 2.05) is 24.3 Å². The van der Waals surface area contributed by atoms with Crippen LogP contribution in [-0.4, -0.2) is 10.9 Å². The van der Waals surface area contributed by atoms with Gasteiger partial charge < -0.3 is 11.1 Å². The summed E-state index contributed by atoms with van der Waals surface area (Å²) in [6.07, 6.45) is 4.15. The van der Waals surface area contributed by atoms with Gasteiger partial charge >= 0.3 is 0 Å². The van der Waals surface area contributed by atoms with Crippen molar-refractivity contribution in [3.63, 3.8) is 0 Å². The molecule has 5 heteroatoms. The van der Waals surface area contributed by atoms with E-state index in [1.54, 1.807) is 12.3 Å². The highest BCUT2D eigenvalue weighted by atomic mass is 35.5. The molecule has 0 spiro atoms. The Labute approximate surface area is 116 Å². The number of aromatic nitrogens is 1. The van der Waals surface area contributed by atoms with Crippen LogP contribution in [0, 0.1) is 0 Å². The number of hydrogen-bond donors (Lipinski definition) is 2. The molecule has 3 N–H and O–H groups in total. The third kappa shape index (κ3) is 3.96. The summed E-state index contributed by atoms with van der Waals surface area (Å²) in [6.45, 7) is 0. The Kier molecular flexibility index (Phi) is 4.36. The molecule has 1 heterocycles. The van der Waals surface area contributed by atoms with Crippen molar-refractivity contribution in [1.82, 2.24) is 4.98 Å². The predicted octanol–water partition coefficient (Wildman–Crippen LogP) is 2.89. The molecule has 0 bridgehead atoms. The van der Waals surface area contributed by atoms with Gasteiger partial charge in [-0.25, -0.2) is 0 Å². The summed E-state index contributed by atoms with van der Waals surface area (Å²) in [5.41, 5.74) is 7.92. The largest absolute Gasteiger partial charge is 0.399 e. The third-order valence-corrected chi connectivity index (χ3v) is 2.99. The molecule has 98 valence electrons. The van der Waals surface area contributed by atoms with E-state index in [4.69, 9.17) is 17.3 Å². The van der Waals surface area contributed by atoms with Gasteiger partial charge in [0.05, 0.1) is 16.9 Å². The summed E-state index contributed by atoms with van der Waals surface area (Å²) in [7, 11) is 0. The Morgan fingerprint density at radius 3 is 2.68 bits per heavy atom. The van der Waals surface area contributed by atoms with Gasteiger partial charge in [0.25, 0.3) is 0 Å². The lowest BCUT2D eigenvalue weighted by Gasteiger charge is -2.06. The molecular formula is C14H14ClN3O. The van der Waals surface area contributed by atoms with Gasteiger partial charge in [0.15, 0.2) is 0 Å². The van der Waals surface area contributed by atoms with Crippen molar-refractivity contribution in [1.29, 1.82) is 0 Å². The molecule has 0 unspecified atom stereocenters. The van der Waals surface area contributed by atoms with Crippen LogP contribution in [0.15, 0.2) is 42.7 Å². The predicted molar refractivity (Wildman–Crippen MR) is 77.1 cm³/mol. The fourth-order valence-electron chi connectivity index (χ4n) is 1.62. The van der Waals surface area contributed by atoms with Gasteiger partial charge in [0.2, 0.25) is 5.91 Å². The first-order valence-electron chi connectivity index (χ1n) is 5.89. The zero-order valence-electron chi connectivity index (χ0n) is 10.3. The number of nitrogens with one attached hydrogen (secondary N) is 1. The number of carbonyl (C=O) groups is 1. The molecule has 1 aromatic heterocycles. The van der Waals surface area contributed by atoms with Gasteiger partial charge in [0.1, 0.15) is 0 Å². The lowest BCUT2D eigenvalue weighted by molar-refractivity contribution is -0.116. The standard InChI is InChI=1S/C14H14ClN3O/c15-12-7-8-17-9-13(12)18-14(19)6-3-10-1-4-11(16)5-2-10/h1-2,4-5,7-9H,3,6,16H2,(H,18,19). The van der Waals surface area contributed by atoms with Gasteiger partial charge in [-0.3, -0.25) is 9.78 Å². The van der Waals surface area contributed by atoms with Crippen LogP contribution >= 0.6 is 11.6 Å². The van der Waals surface area contributed by atoms with E-state index >= 15 is 0 Å². The van der Waals surface area contributed by atoms with E-state index in [-0.39, 0.29) is 5.91 Å². The summed E-state index contributed by atoms with van der Waals surface area (Å²) in [6, 6.07) is 9.12. The maximum absolute atomic E-state index is 11.8. The molecule has 19 heavy (non-hydrogen) atoms. The molecule has 0 saturated heterocycles. The Morgan fingerprint density at radius 2 is 2.00 bits per heavy atom. The molecule has 0 aliphatic heterocycles. The van der Waals surface area contributed by atoms with Crippen molar-refractivity contribution in [3.05, 3.63) is 53.3 Å². The van der Waals surface area contributed by atoms with E-state index in [0.717, 1.165) is 11.3 Å². The number of nitrogen functional groups attached to an aromatic ring is 1. The summed E-state index contributed by atoms with van der Waals surface area (Å²) < 4.78 is 0. The number of rotatable bonds is 4. The quantitative estimate of drug-likeness (QED) is 0.843. The van der Waals surface area contributed by atoms with Crippen molar-refractivity contribution in [2.75, 3.05) is 11.1 Å². The van der Waals surface area contributed by atoms with Crippen LogP contribution in [0.2, 0.25) is 5.02 Å². The Hall–Kier alpha value is -2.07. The minimum Gasteiger partial charge on any atom is -0.399 e. The molecule has 0 atom stereocenters. The van der Waals surface area contributed by atoms with E-state index in [1.165, 1.54) is 6.20 Å². The van der Waals surface area contributed by atoms with Crippen molar-refractivity contribution < 1.29 is 4.79 Å². The number of nitrogens with zero attached hydrogens (tertiary/aromatic N) is 1. The second kappa shape index (κ2) is 6.20. The molecule has 0 aliphatic rings. The van der Waals surface area contributed by atoms with E-state index < -0.39 is 0 Å². The molecule has 4 nitrogen and oxygen atoms in total. The first kappa shape index (κ1) is 13.4. The van der Waals surface area contributed by atoms with Crippen molar-refractivity contribution >= 4 is 28.9 Å². The van der Waals surface area contributed by atoms with Crippen LogP contribution in [0.1, 0.15) is 12.0 Å². The van der Waals surface area contributed by atoms with Crippen LogP contribution in [0.4, 0.5) is 11.4 Å². The van der Waals surface area contributed by atoms with Crippen molar-refractivity contribution in [2.24, 2.45) is 0 Å². The van der Waals surface area contributed by atoms with Gasteiger partial charge in [-0.05, 0) is 30.2 Å². The normalized spacial score (nSPS) is 10.2. The molecule has 0 fully saturated rings. The molecule has 0 radical (unpaired) electrons. The number of amides is 1. The summed E-state index contributed by atoms with van der Waals surface area (Å²) in [5.74, 6) is -0.0910. The average molecular weight is 276 g/mol. The second-order valence-electron chi connectivity index (χ2n) is 4.15. The first-order chi connectivity index (χ1) is 9.15. The molecule has 0 saturated carbocycles. The van der Waals surface area contributed by atoms with Gasteiger partial charge in [-0.2, -0.15) is 0 Å². The number of aryl methyl sites for hydroxylation is 1. The highest BCUT2D eigenvalue weighted by Crippen LogP contribution is 2.19. The smallest absolute Gasteiger partial charge is 0.224 e. The van der Waals surface area contributed by atoms with Crippen LogP contribution < -0.4 is 11.1 Å². The molecule has 1 amide bonds. The number of carbonyl (C=O) groups excluding carboxylic acids is 1. The highest BCUT2D eigenvalue weighted by molar-refractivity contribution is 6.33. The fraction of sp³-hybridized carbons (Fsp3) is 0.143. The van der Waals surface area contributed by atoms with Crippen molar-refractivity contribution in [3.8, 4) is 0 Å². The fourth-order valence-corrected chi connectivity index (χ4v) is 1.78. The van der Waals surface area contributed by atoms with Gasteiger partial charge in [-0.1, -0.05) is 23.7 Å². The van der Waals surface area contributed by atoms with E-state index in [9.17, 15) is 4.79 Å². The Bertz CT molecular complexity index is 569. The summed E-state index contributed by atoms with van der Waals surface area (Å²) in [5, 5.41) is 3.22. The summed E-state index contributed by atoms with van der Waals surface area (Å²) in [4.78, 5) is 15.7. The Balaban J connectivity index is 1.88. The monoisotopic (exact) mass is 275 g/mol. The SMILES string of the molecule is Nc1ccc(CCC(=O)Nc2cnccc2Cl)cc1. The van der Waals surface area contributed by atoms with E-state index in [0.29, 0.717) is 23.6 Å². The summed E-state index contributed by atoms with van der Waals surface area (Å²) >= 11 is 5.93. The minimum absolute atomic E-state index is 0.0910. The topological polar surface area (TPSA) is 68.0 Å². The van der Waals surface area contributed by atoms with Crippen LogP contribution in [-0.2, 0) is 11.2 Å². The zero-order chi connectivity index (χ0) is 13.7.